The van der Waals surface area contributed by atoms with Crippen molar-refractivity contribution in [1.29, 1.82) is 0 Å². The van der Waals surface area contributed by atoms with Gasteiger partial charge in [-0.3, -0.25) is 4.68 Å². The summed E-state index contributed by atoms with van der Waals surface area (Å²) >= 11 is 6.49. The fraction of sp³-hybridized carbons (Fsp3) is 0.786. The molecule has 2 N–H and O–H groups in total. The fourth-order valence-electron chi connectivity index (χ4n) is 2.91. The van der Waals surface area contributed by atoms with Crippen molar-refractivity contribution >= 4 is 11.6 Å². The highest BCUT2D eigenvalue weighted by molar-refractivity contribution is 6.31. The molecule has 2 unspecified atom stereocenters. The van der Waals surface area contributed by atoms with E-state index in [1.807, 2.05) is 4.68 Å². The predicted molar refractivity (Wildman–Crippen MR) is 77.5 cm³/mol. The minimum absolute atomic E-state index is 0.00159. The largest absolute Gasteiger partial charge is 0.378 e. The molecule has 1 aromatic heterocycles. The minimum atomic E-state index is 0.00159. The molecular formula is C14H24ClN3O. The van der Waals surface area contributed by atoms with Crippen molar-refractivity contribution in [1.82, 2.24) is 9.78 Å². The molecule has 1 aliphatic rings. The smallest absolute Gasteiger partial charge is 0.0850 e. The summed E-state index contributed by atoms with van der Waals surface area (Å²) in [5.41, 5.74) is 8.14. The highest BCUT2D eigenvalue weighted by atomic mass is 35.5. The van der Waals surface area contributed by atoms with E-state index in [1.54, 1.807) is 0 Å². The van der Waals surface area contributed by atoms with E-state index in [1.165, 1.54) is 0 Å². The maximum Gasteiger partial charge on any atom is 0.0850 e. The fourth-order valence-corrected chi connectivity index (χ4v) is 3.25. The van der Waals surface area contributed by atoms with Crippen LogP contribution in [0.4, 0.5) is 0 Å². The first-order chi connectivity index (χ1) is 9.07. The van der Waals surface area contributed by atoms with Crippen molar-refractivity contribution in [2.24, 2.45) is 11.1 Å². The molecule has 2 atom stereocenters. The normalized spacial score (nSPS) is 27.1. The summed E-state index contributed by atoms with van der Waals surface area (Å²) in [6.45, 7) is 8.54. The Morgan fingerprint density at radius 1 is 1.53 bits per heavy atom. The number of hydrogen-bond acceptors (Lipinski definition) is 3. The van der Waals surface area contributed by atoms with Crippen LogP contribution >= 0.6 is 11.6 Å². The van der Waals surface area contributed by atoms with Crippen LogP contribution in [0.5, 0.6) is 0 Å². The predicted octanol–water partition coefficient (Wildman–Crippen LogP) is 2.42. The summed E-state index contributed by atoms with van der Waals surface area (Å²) in [4.78, 5) is 0. The third-order valence-electron chi connectivity index (χ3n) is 4.45. The summed E-state index contributed by atoms with van der Waals surface area (Å²) in [6, 6.07) is 0. The van der Waals surface area contributed by atoms with E-state index in [2.05, 4.69) is 25.9 Å². The number of halogens is 1. The van der Waals surface area contributed by atoms with Crippen LogP contribution in [0.1, 0.15) is 38.6 Å². The van der Waals surface area contributed by atoms with Gasteiger partial charge in [0.25, 0.3) is 0 Å². The molecule has 4 nitrogen and oxygen atoms in total. The van der Waals surface area contributed by atoms with Crippen molar-refractivity contribution in [3.63, 3.8) is 0 Å². The third-order valence-corrected chi connectivity index (χ3v) is 4.89. The van der Waals surface area contributed by atoms with Gasteiger partial charge in [0.2, 0.25) is 0 Å². The van der Waals surface area contributed by atoms with E-state index < -0.39 is 0 Å². The summed E-state index contributed by atoms with van der Waals surface area (Å²) in [5, 5.41) is 5.40. The zero-order valence-electron chi connectivity index (χ0n) is 12.1. The molecule has 0 bridgehead atoms. The molecule has 5 heteroatoms. The van der Waals surface area contributed by atoms with Crippen LogP contribution in [-0.2, 0) is 24.1 Å². The van der Waals surface area contributed by atoms with Gasteiger partial charge in [0, 0.05) is 31.5 Å². The Hall–Kier alpha value is -0.580. The molecule has 0 radical (unpaired) electrons. The average molecular weight is 286 g/mol. The molecule has 0 saturated carbocycles. The zero-order chi connectivity index (χ0) is 14.0. The Kier molecular flexibility index (Phi) is 4.54. The van der Waals surface area contributed by atoms with Crippen LogP contribution in [0.3, 0.4) is 0 Å². The maximum absolute atomic E-state index is 6.49. The van der Waals surface area contributed by atoms with E-state index in [4.69, 9.17) is 22.1 Å². The number of aryl methyl sites for hydroxylation is 2. The summed E-state index contributed by atoms with van der Waals surface area (Å²) in [5.74, 6) is 0. The molecule has 1 saturated heterocycles. The van der Waals surface area contributed by atoms with Crippen molar-refractivity contribution in [3.05, 3.63) is 16.4 Å². The van der Waals surface area contributed by atoms with Crippen LogP contribution in [-0.4, -0.2) is 29.0 Å². The molecule has 0 amide bonds. The quantitative estimate of drug-likeness (QED) is 0.904. The number of nitrogens with zero attached hydrogens (tertiary/aromatic N) is 2. The Morgan fingerprint density at radius 2 is 2.26 bits per heavy atom. The molecule has 2 heterocycles. The molecule has 1 aliphatic heterocycles. The van der Waals surface area contributed by atoms with E-state index in [-0.39, 0.29) is 11.5 Å². The van der Waals surface area contributed by atoms with Crippen LogP contribution in [0.15, 0.2) is 0 Å². The van der Waals surface area contributed by atoms with Crippen LogP contribution in [0.25, 0.3) is 0 Å². The van der Waals surface area contributed by atoms with Crippen molar-refractivity contribution < 1.29 is 4.74 Å². The topological polar surface area (TPSA) is 53.1 Å². The highest BCUT2D eigenvalue weighted by Crippen LogP contribution is 2.39. The summed E-state index contributed by atoms with van der Waals surface area (Å²) < 4.78 is 7.74. The molecule has 19 heavy (non-hydrogen) atoms. The van der Waals surface area contributed by atoms with Gasteiger partial charge < -0.3 is 10.5 Å². The van der Waals surface area contributed by atoms with Gasteiger partial charge in [0.05, 0.1) is 22.5 Å². The maximum atomic E-state index is 6.49. The lowest BCUT2D eigenvalue weighted by atomic mass is 9.77. The lowest BCUT2D eigenvalue weighted by Crippen LogP contribution is -2.39. The lowest BCUT2D eigenvalue weighted by molar-refractivity contribution is 0.0664. The van der Waals surface area contributed by atoms with E-state index in [0.717, 1.165) is 48.8 Å². The minimum Gasteiger partial charge on any atom is -0.378 e. The zero-order valence-corrected chi connectivity index (χ0v) is 12.8. The molecule has 0 aromatic carbocycles. The molecular weight excluding hydrogens is 262 g/mol. The van der Waals surface area contributed by atoms with Gasteiger partial charge in [-0.1, -0.05) is 18.5 Å². The van der Waals surface area contributed by atoms with Crippen molar-refractivity contribution in [2.45, 2.75) is 52.7 Å². The van der Waals surface area contributed by atoms with Crippen molar-refractivity contribution in [2.75, 3.05) is 13.2 Å². The lowest BCUT2D eigenvalue weighted by Gasteiger charge is -2.31. The van der Waals surface area contributed by atoms with E-state index in [0.29, 0.717) is 6.54 Å². The Labute approximate surface area is 120 Å². The second-order valence-electron chi connectivity index (χ2n) is 5.38. The number of rotatable bonds is 5. The SMILES string of the molecule is CCc1nn(CC)c(CC2(CN)CCOC2C)c1Cl. The Balaban J connectivity index is 2.34. The first kappa shape index (κ1) is 14.8. The molecule has 0 aliphatic carbocycles. The van der Waals surface area contributed by atoms with Gasteiger partial charge in [-0.15, -0.1) is 0 Å². The second-order valence-corrected chi connectivity index (χ2v) is 5.76. The van der Waals surface area contributed by atoms with Gasteiger partial charge in [0.1, 0.15) is 0 Å². The van der Waals surface area contributed by atoms with Gasteiger partial charge in [0.15, 0.2) is 0 Å². The summed E-state index contributed by atoms with van der Waals surface area (Å²) in [6.07, 6.45) is 2.89. The average Bonchev–Trinajstić information content (AvgIpc) is 2.93. The Morgan fingerprint density at radius 3 is 2.74 bits per heavy atom. The summed E-state index contributed by atoms with van der Waals surface area (Å²) in [7, 11) is 0. The number of nitrogens with two attached hydrogens (primary N) is 1. The first-order valence-electron chi connectivity index (χ1n) is 7.13. The first-order valence-corrected chi connectivity index (χ1v) is 7.51. The molecule has 1 aromatic rings. The highest BCUT2D eigenvalue weighted by Gasteiger charge is 2.41. The van der Waals surface area contributed by atoms with Gasteiger partial charge in [-0.25, -0.2) is 0 Å². The van der Waals surface area contributed by atoms with Gasteiger partial charge in [-0.05, 0) is 26.7 Å². The van der Waals surface area contributed by atoms with E-state index >= 15 is 0 Å². The standard InChI is InChI=1S/C14H24ClN3O/c1-4-11-13(15)12(18(5-2)17-11)8-14(9-16)6-7-19-10(14)3/h10H,4-9,16H2,1-3H3. The number of aromatic nitrogens is 2. The van der Waals surface area contributed by atoms with Crippen LogP contribution in [0, 0.1) is 5.41 Å². The monoisotopic (exact) mass is 285 g/mol. The molecule has 2 rings (SSSR count). The molecule has 1 fully saturated rings. The van der Waals surface area contributed by atoms with Gasteiger partial charge >= 0.3 is 0 Å². The third kappa shape index (κ3) is 2.54. The van der Waals surface area contributed by atoms with Crippen molar-refractivity contribution in [3.8, 4) is 0 Å². The van der Waals surface area contributed by atoms with Crippen LogP contribution in [0.2, 0.25) is 5.02 Å². The molecule has 108 valence electrons. The van der Waals surface area contributed by atoms with E-state index in [9.17, 15) is 0 Å². The van der Waals surface area contributed by atoms with Gasteiger partial charge in [-0.2, -0.15) is 5.10 Å². The second kappa shape index (κ2) is 5.81. The number of ether oxygens (including phenoxy) is 1. The molecule has 0 spiro atoms. The van der Waals surface area contributed by atoms with Crippen LogP contribution < -0.4 is 5.73 Å². The Bertz CT molecular complexity index is 446. The number of hydrogen-bond donors (Lipinski definition) is 1.